The number of hydrogen-bond acceptors (Lipinski definition) is 6. The van der Waals surface area contributed by atoms with Crippen molar-refractivity contribution >= 4 is 12.0 Å². The number of carbonyl (C=O) groups is 1. The number of benzene rings is 1. The molecule has 3 heterocycles. The third-order valence-electron chi connectivity index (χ3n) is 4.71. The lowest BCUT2D eigenvalue weighted by Gasteiger charge is -2.16. The summed E-state index contributed by atoms with van der Waals surface area (Å²) >= 11 is 0. The van der Waals surface area contributed by atoms with Crippen LogP contribution in [0.2, 0.25) is 0 Å². The van der Waals surface area contributed by atoms with E-state index in [0.29, 0.717) is 43.1 Å². The lowest BCUT2D eigenvalue weighted by atomic mass is 10.2. The summed E-state index contributed by atoms with van der Waals surface area (Å²) in [7, 11) is 0. The fraction of sp³-hybridized carbons (Fsp3) is 0.350. The van der Waals surface area contributed by atoms with Crippen LogP contribution in [0, 0.1) is 5.82 Å². The number of aromatic nitrogens is 2. The molecule has 0 spiro atoms. The summed E-state index contributed by atoms with van der Waals surface area (Å²) < 4.78 is 30.5. The molecule has 2 aromatic rings. The minimum Gasteiger partial charge on any atom is -0.470 e. The molecule has 0 unspecified atom stereocenters. The van der Waals surface area contributed by atoms with E-state index in [1.807, 2.05) is 25.1 Å². The Bertz CT molecular complexity index is 918. The number of ether oxygens (including phenoxy) is 3. The molecular weight excluding hydrogens is 365 g/mol. The number of hydrogen-bond donors (Lipinski definition) is 0. The Hall–Kier alpha value is -3.16. The summed E-state index contributed by atoms with van der Waals surface area (Å²) in [5.74, 6) is 0.662. The van der Waals surface area contributed by atoms with E-state index < -0.39 is 5.82 Å². The van der Waals surface area contributed by atoms with Crippen molar-refractivity contribution in [2.45, 2.75) is 25.9 Å². The van der Waals surface area contributed by atoms with Gasteiger partial charge in [-0.25, -0.2) is 4.98 Å². The number of nitrogens with zero attached hydrogens (tertiary/aromatic N) is 3. The molecule has 0 radical (unpaired) electrons. The third-order valence-corrected chi connectivity index (χ3v) is 4.71. The zero-order chi connectivity index (χ0) is 19.5. The van der Waals surface area contributed by atoms with Gasteiger partial charge in [-0.1, -0.05) is 13.0 Å². The lowest BCUT2D eigenvalue weighted by Crippen LogP contribution is -2.29. The van der Waals surface area contributed by atoms with Gasteiger partial charge in [0.25, 0.3) is 5.88 Å². The highest BCUT2D eigenvalue weighted by Gasteiger charge is 2.28. The van der Waals surface area contributed by atoms with Crippen LogP contribution in [-0.4, -0.2) is 46.8 Å². The van der Waals surface area contributed by atoms with Crippen LogP contribution in [0.25, 0.3) is 6.08 Å². The Morgan fingerprint density at radius 2 is 2.21 bits per heavy atom. The van der Waals surface area contributed by atoms with Gasteiger partial charge >= 0.3 is 0 Å². The van der Waals surface area contributed by atoms with E-state index in [-0.39, 0.29) is 24.7 Å². The van der Waals surface area contributed by atoms with Gasteiger partial charge in [-0.15, -0.1) is 0 Å². The Morgan fingerprint density at radius 3 is 3.07 bits per heavy atom. The molecule has 1 aromatic carbocycles. The molecule has 28 heavy (non-hydrogen) atoms. The van der Waals surface area contributed by atoms with Crippen molar-refractivity contribution in [3.8, 4) is 17.4 Å². The number of carbonyl (C=O) groups excluding carboxylic acids is 1. The summed E-state index contributed by atoms with van der Waals surface area (Å²) in [5, 5.41) is 0. The van der Waals surface area contributed by atoms with E-state index >= 15 is 0 Å². The zero-order valence-electron chi connectivity index (χ0n) is 15.4. The third kappa shape index (κ3) is 3.76. The molecule has 7 nitrogen and oxygen atoms in total. The van der Waals surface area contributed by atoms with Crippen molar-refractivity contribution in [1.82, 2.24) is 14.9 Å². The van der Waals surface area contributed by atoms with E-state index in [9.17, 15) is 9.18 Å². The Labute approximate surface area is 161 Å². The largest absolute Gasteiger partial charge is 0.470 e. The SMILES string of the molecule is CCc1ncnc(O[C@H]2CCN(C(=O)/C=C/c3ccc4c(c3)OCO4)C2)c1F. The second kappa shape index (κ2) is 7.84. The van der Waals surface area contributed by atoms with E-state index in [0.717, 1.165) is 5.56 Å². The molecule has 0 bridgehead atoms. The molecular formula is C20H20FN3O4. The van der Waals surface area contributed by atoms with Gasteiger partial charge in [0, 0.05) is 19.0 Å². The molecule has 1 amide bonds. The maximum Gasteiger partial charge on any atom is 0.254 e. The van der Waals surface area contributed by atoms with Gasteiger partial charge in [-0.05, 0) is 30.2 Å². The van der Waals surface area contributed by atoms with Crippen LogP contribution in [0.15, 0.2) is 30.6 Å². The first kappa shape index (κ1) is 18.2. The monoisotopic (exact) mass is 385 g/mol. The molecule has 1 atom stereocenters. The van der Waals surface area contributed by atoms with Gasteiger partial charge in [0.1, 0.15) is 12.4 Å². The molecule has 0 N–H and O–H groups in total. The van der Waals surface area contributed by atoms with Crippen LogP contribution < -0.4 is 14.2 Å². The summed E-state index contributed by atoms with van der Waals surface area (Å²) in [6.07, 6.45) is 5.33. The minimum atomic E-state index is -0.530. The van der Waals surface area contributed by atoms with Gasteiger partial charge in [-0.3, -0.25) is 4.79 Å². The van der Waals surface area contributed by atoms with Gasteiger partial charge in [0.05, 0.1) is 12.2 Å². The van der Waals surface area contributed by atoms with Gasteiger partial charge in [0.15, 0.2) is 11.5 Å². The molecule has 0 saturated carbocycles. The second-order valence-electron chi connectivity index (χ2n) is 6.55. The molecule has 1 fully saturated rings. The Kier molecular flexibility index (Phi) is 5.10. The number of rotatable bonds is 5. The molecule has 0 aliphatic carbocycles. The van der Waals surface area contributed by atoms with Crippen LogP contribution in [0.3, 0.4) is 0 Å². The molecule has 2 aliphatic rings. The van der Waals surface area contributed by atoms with Crippen molar-refractivity contribution in [2.24, 2.45) is 0 Å². The fourth-order valence-corrected chi connectivity index (χ4v) is 3.19. The number of aryl methyl sites for hydroxylation is 1. The summed E-state index contributed by atoms with van der Waals surface area (Å²) in [6.45, 7) is 2.96. The van der Waals surface area contributed by atoms with E-state index in [1.165, 1.54) is 12.4 Å². The normalized spacial score (nSPS) is 18.1. The average molecular weight is 385 g/mol. The predicted molar refractivity (Wildman–Crippen MR) is 98.6 cm³/mol. The highest BCUT2D eigenvalue weighted by molar-refractivity contribution is 5.92. The molecule has 8 heteroatoms. The summed E-state index contributed by atoms with van der Waals surface area (Å²) in [5.41, 5.74) is 1.17. The first-order valence-corrected chi connectivity index (χ1v) is 9.16. The van der Waals surface area contributed by atoms with Crippen molar-refractivity contribution in [2.75, 3.05) is 19.9 Å². The number of amides is 1. The summed E-state index contributed by atoms with van der Waals surface area (Å²) in [6, 6.07) is 5.49. The highest BCUT2D eigenvalue weighted by atomic mass is 19.1. The van der Waals surface area contributed by atoms with Crippen molar-refractivity contribution in [1.29, 1.82) is 0 Å². The number of likely N-dealkylation sites (tertiary alicyclic amines) is 1. The first-order chi connectivity index (χ1) is 13.6. The number of halogens is 1. The molecule has 1 aromatic heterocycles. The van der Waals surface area contributed by atoms with Crippen molar-refractivity contribution in [3.05, 3.63) is 47.7 Å². The molecule has 2 aliphatic heterocycles. The van der Waals surface area contributed by atoms with Crippen molar-refractivity contribution < 1.29 is 23.4 Å². The molecule has 4 rings (SSSR count). The second-order valence-corrected chi connectivity index (χ2v) is 6.55. The standard InChI is InChI=1S/C20H20FN3O4/c1-2-15-19(21)20(23-11-22-15)28-14-7-8-24(10-14)18(25)6-4-13-3-5-16-17(9-13)27-12-26-16/h3-6,9,11,14H,2,7-8,10,12H2,1H3/b6-4+/t14-/m0/s1. The average Bonchev–Trinajstić information content (AvgIpc) is 3.36. The van der Waals surface area contributed by atoms with E-state index in [2.05, 4.69) is 9.97 Å². The van der Waals surface area contributed by atoms with E-state index in [1.54, 1.807) is 11.0 Å². The summed E-state index contributed by atoms with van der Waals surface area (Å²) in [4.78, 5) is 21.9. The van der Waals surface area contributed by atoms with Crippen molar-refractivity contribution in [3.63, 3.8) is 0 Å². The van der Waals surface area contributed by atoms with E-state index in [4.69, 9.17) is 14.2 Å². The Morgan fingerprint density at radius 1 is 1.36 bits per heavy atom. The number of fused-ring (bicyclic) bond motifs is 1. The smallest absolute Gasteiger partial charge is 0.254 e. The predicted octanol–water partition coefficient (Wildman–Crippen LogP) is 2.60. The maximum atomic E-state index is 14.2. The van der Waals surface area contributed by atoms with Gasteiger partial charge < -0.3 is 19.1 Å². The molecule has 1 saturated heterocycles. The maximum absolute atomic E-state index is 14.2. The van der Waals surface area contributed by atoms with Crippen LogP contribution in [0.1, 0.15) is 24.6 Å². The van der Waals surface area contributed by atoms with Crippen LogP contribution in [0.4, 0.5) is 4.39 Å². The quantitative estimate of drug-likeness (QED) is 0.737. The van der Waals surface area contributed by atoms with Crippen LogP contribution in [-0.2, 0) is 11.2 Å². The fourth-order valence-electron chi connectivity index (χ4n) is 3.19. The highest BCUT2D eigenvalue weighted by Crippen LogP contribution is 2.32. The lowest BCUT2D eigenvalue weighted by molar-refractivity contribution is -0.125. The Balaban J connectivity index is 1.35. The van der Waals surface area contributed by atoms with Crippen LogP contribution in [0.5, 0.6) is 17.4 Å². The van der Waals surface area contributed by atoms with Crippen LogP contribution >= 0.6 is 0 Å². The van der Waals surface area contributed by atoms with Gasteiger partial charge in [0.2, 0.25) is 18.5 Å². The zero-order valence-corrected chi connectivity index (χ0v) is 15.4. The van der Waals surface area contributed by atoms with Gasteiger partial charge in [-0.2, -0.15) is 9.37 Å². The topological polar surface area (TPSA) is 73.8 Å². The molecule has 146 valence electrons. The first-order valence-electron chi connectivity index (χ1n) is 9.16. The minimum absolute atomic E-state index is 0.0537.